The Bertz CT molecular complexity index is 1280. The second-order valence-electron chi connectivity index (χ2n) is 9.04. The molecule has 2 heterocycles. The Balaban J connectivity index is 1.52. The highest BCUT2D eigenvalue weighted by atomic mass is 35.5. The smallest absolute Gasteiger partial charge is 0.243 e. The zero-order chi connectivity index (χ0) is 25.2. The predicted molar refractivity (Wildman–Crippen MR) is 143 cm³/mol. The molecule has 0 N–H and O–H groups in total. The number of sulfonamides is 1. The van der Waals surface area contributed by atoms with Crippen LogP contribution in [-0.4, -0.2) is 68.8 Å². The summed E-state index contributed by atoms with van der Waals surface area (Å²) in [4.78, 5) is 22.6. The van der Waals surface area contributed by atoms with E-state index in [2.05, 4.69) is 13.0 Å². The fourth-order valence-corrected chi connectivity index (χ4v) is 6.95. The van der Waals surface area contributed by atoms with Gasteiger partial charge in [-0.2, -0.15) is 4.31 Å². The van der Waals surface area contributed by atoms with E-state index in [9.17, 15) is 13.2 Å². The highest BCUT2D eigenvalue weighted by Gasteiger charge is 2.35. The van der Waals surface area contributed by atoms with Crippen molar-refractivity contribution in [2.75, 3.05) is 45.2 Å². The van der Waals surface area contributed by atoms with Gasteiger partial charge in [0.15, 0.2) is 5.13 Å². The molecule has 0 aliphatic carbocycles. The van der Waals surface area contributed by atoms with Crippen molar-refractivity contribution in [3.63, 3.8) is 0 Å². The maximum absolute atomic E-state index is 13.7. The van der Waals surface area contributed by atoms with E-state index >= 15 is 0 Å². The van der Waals surface area contributed by atoms with Crippen LogP contribution in [0.25, 0.3) is 10.2 Å². The van der Waals surface area contributed by atoms with Crippen LogP contribution in [0.5, 0.6) is 0 Å². The summed E-state index contributed by atoms with van der Waals surface area (Å²) in [6.45, 7) is 3.97. The molecule has 0 bridgehead atoms. The van der Waals surface area contributed by atoms with Crippen molar-refractivity contribution in [2.24, 2.45) is 5.92 Å². The van der Waals surface area contributed by atoms with E-state index in [-0.39, 0.29) is 16.7 Å². The molecule has 1 amide bonds. The average molecular weight is 535 g/mol. The molecule has 35 heavy (non-hydrogen) atoms. The molecule has 2 aromatic carbocycles. The minimum atomic E-state index is -3.61. The van der Waals surface area contributed by atoms with E-state index in [0.29, 0.717) is 49.2 Å². The van der Waals surface area contributed by atoms with Crippen LogP contribution in [0.3, 0.4) is 0 Å². The largest absolute Gasteiger partial charge is 0.308 e. The van der Waals surface area contributed by atoms with Gasteiger partial charge in [-0.3, -0.25) is 9.69 Å². The maximum Gasteiger partial charge on any atom is 0.243 e. The molecule has 4 rings (SSSR count). The summed E-state index contributed by atoms with van der Waals surface area (Å²) in [5, 5.41) is 1.20. The van der Waals surface area contributed by atoms with Crippen LogP contribution in [0.1, 0.15) is 25.3 Å². The van der Waals surface area contributed by atoms with E-state index < -0.39 is 10.0 Å². The monoisotopic (exact) mass is 534 g/mol. The first-order valence-electron chi connectivity index (χ1n) is 11.8. The van der Waals surface area contributed by atoms with Gasteiger partial charge in [0.1, 0.15) is 0 Å². The predicted octanol–water partition coefficient (Wildman–Crippen LogP) is 4.51. The summed E-state index contributed by atoms with van der Waals surface area (Å²) in [7, 11) is 0.351. The number of thiazole rings is 1. The lowest BCUT2D eigenvalue weighted by Crippen LogP contribution is -2.46. The Hall–Kier alpha value is -2.04. The maximum atomic E-state index is 13.7. The Morgan fingerprint density at radius 3 is 2.43 bits per heavy atom. The Labute approximate surface area is 216 Å². The van der Waals surface area contributed by atoms with Gasteiger partial charge in [0, 0.05) is 37.1 Å². The van der Waals surface area contributed by atoms with Gasteiger partial charge in [-0.1, -0.05) is 42.0 Å². The van der Waals surface area contributed by atoms with Gasteiger partial charge in [-0.05, 0) is 69.3 Å². The fourth-order valence-electron chi connectivity index (χ4n) is 4.31. The quantitative estimate of drug-likeness (QED) is 0.425. The number of amides is 1. The molecule has 0 radical (unpaired) electrons. The van der Waals surface area contributed by atoms with Crippen LogP contribution in [-0.2, 0) is 21.2 Å². The van der Waals surface area contributed by atoms with Crippen LogP contribution in [0.4, 0.5) is 5.13 Å². The second-order valence-corrected chi connectivity index (χ2v) is 12.4. The van der Waals surface area contributed by atoms with Gasteiger partial charge >= 0.3 is 0 Å². The van der Waals surface area contributed by atoms with E-state index in [1.807, 2.05) is 31.1 Å². The first kappa shape index (κ1) is 26.0. The van der Waals surface area contributed by atoms with Crippen molar-refractivity contribution < 1.29 is 13.2 Å². The van der Waals surface area contributed by atoms with E-state index in [4.69, 9.17) is 16.6 Å². The van der Waals surface area contributed by atoms with E-state index in [1.54, 1.807) is 28.4 Å². The van der Waals surface area contributed by atoms with Gasteiger partial charge in [0.2, 0.25) is 15.9 Å². The molecule has 7 nitrogen and oxygen atoms in total. The molecule has 0 saturated carbocycles. The molecule has 0 unspecified atom stereocenters. The number of carbonyl (C=O) groups excluding carboxylic acids is 1. The molecule has 1 saturated heterocycles. The standard InChI is InChI=1S/C25H31ClN4O3S2/c1-4-18-6-5-7-22-23(18)27-25(34-22)30(17-16-28(2)3)24(31)19-12-14-29(15-13-19)35(32,33)21-10-8-20(26)9-11-21/h5-11,19H,4,12-17H2,1-3H3. The zero-order valence-corrected chi connectivity index (χ0v) is 22.7. The first-order valence-corrected chi connectivity index (χ1v) is 14.4. The second kappa shape index (κ2) is 10.9. The summed E-state index contributed by atoms with van der Waals surface area (Å²) in [5.74, 6) is -0.223. The van der Waals surface area contributed by atoms with Gasteiger partial charge < -0.3 is 4.90 Å². The topological polar surface area (TPSA) is 73.8 Å². The minimum Gasteiger partial charge on any atom is -0.308 e. The summed E-state index contributed by atoms with van der Waals surface area (Å²) >= 11 is 7.45. The number of nitrogens with zero attached hydrogens (tertiary/aromatic N) is 4. The number of aromatic nitrogens is 1. The molecule has 1 fully saturated rings. The molecule has 0 spiro atoms. The number of benzene rings is 2. The lowest BCUT2D eigenvalue weighted by molar-refractivity contribution is -0.123. The van der Waals surface area contributed by atoms with Gasteiger partial charge in [0.25, 0.3) is 0 Å². The third-order valence-corrected chi connectivity index (χ3v) is 9.60. The molecule has 188 valence electrons. The number of hydrogen-bond donors (Lipinski definition) is 0. The zero-order valence-electron chi connectivity index (χ0n) is 20.3. The minimum absolute atomic E-state index is 0.0208. The van der Waals surface area contributed by atoms with Crippen LogP contribution >= 0.6 is 22.9 Å². The number of piperidine rings is 1. The van der Waals surface area contributed by atoms with Crippen LogP contribution in [0.15, 0.2) is 47.4 Å². The lowest BCUT2D eigenvalue weighted by atomic mass is 9.96. The van der Waals surface area contributed by atoms with Crippen molar-refractivity contribution in [1.82, 2.24) is 14.2 Å². The van der Waals surface area contributed by atoms with Crippen molar-refractivity contribution in [3.8, 4) is 0 Å². The molecule has 1 aliphatic rings. The van der Waals surface area contributed by atoms with E-state index in [1.165, 1.54) is 22.0 Å². The van der Waals surface area contributed by atoms with Crippen LogP contribution in [0, 0.1) is 5.92 Å². The number of likely N-dealkylation sites (N-methyl/N-ethyl adjacent to an activating group) is 1. The van der Waals surface area contributed by atoms with Gasteiger partial charge in [-0.15, -0.1) is 0 Å². The lowest BCUT2D eigenvalue weighted by Gasteiger charge is -2.33. The van der Waals surface area contributed by atoms with Crippen LogP contribution in [0.2, 0.25) is 5.02 Å². The van der Waals surface area contributed by atoms with Crippen molar-refractivity contribution in [2.45, 2.75) is 31.1 Å². The molecule has 1 aliphatic heterocycles. The number of hydrogen-bond acceptors (Lipinski definition) is 6. The number of fused-ring (bicyclic) bond motifs is 1. The Morgan fingerprint density at radius 2 is 1.80 bits per heavy atom. The summed E-state index contributed by atoms with van der Waals surface area (Å²) in [5.41, 5.74) is 2.13. The molecular formula is C25H31ClN4O3S2. The molecule has 0 atom stereocenters. The Kier molecular flexibility index (Phi) is 8.12. The summed E-state index contributed by atoms with van der Waals surface area (Å²) in [6, 6.07) is 12.4. The number of rotatable bonds is 8. The van der Waals surface area contributed by atoms with Crippen LogP contribution < -0.4 is 4.90 Å². The van der Waals surface area contributed by atoms with Crippen molar-refractivity contribution in [1.29, 1.82) is 0 Å². The number of halogens is 1. The fraction of sp³-hybridized carbons (Fsp3) is 0.440. The summed E-state index contributed by atoms with van der Waals surface area (Å²) in [6.07, 6.45) is 1.84. The first-order chi connectivity index (χ1) is 16.7. The van der Waals surface area contributed by atoms with E-state index in [0.717, 1.165) is 16.6 Å². The number of aryl methyl sites for hydroxylation is 1. The highest BCUT2D eigenvalue weighted by Crippen LogP contribution is 2.33. The number of carbonyl (C=O) groups is 1. The molecule has 1 aromatic heterocycles. The number of anilines is 1. The average Bonchev–Trinajstić information content (AvgIpc) is 3.28. The molecular weight excluding hydrogens is 504 g/mol. The highest BCUT2D eigenvalue weighted by molar-refractivity contribution is 7.89. The SMILES string of the molecule is CCc1cccc2sc(N(CCN(C)C)C(=O)C3CCN(S(=O)(=O)c4ccc(Cl)cc4)CC3)nc12. The van der Waals surface area contributed by atoms with Gasteiger partial charge in [-0.25, -0.2) is 13.4 Å². The molecule has 10 heteroatoms. The van der Waals surface area contributed by atoms with Crippen molar-refractivity contribution >= 4 is 54.2 Å². The normalized spacial score (nSPS) is 15.7. The van der Waals surface area contributed by atoms with Crippen molar-refractivity contribution in [3.05, 3.63) is 53.1 Å². The summed E-state index contributed by atoms with van der Waals surface area (Å²) < 4.78 is 28.6. The third-order valence-electron chi connectivity index (χ3n) is 6.39. The Morgan fingerprint density at radius 1 is 1.11 bits per heavy atom. The molecule has 3 aromatic rings. The third kappa shape index (κ3) is 5.70. The van der Waals surface area contributed by atoms with Gasteiger partial charge in [0.05, 0.1) is 15.1 Å². The number of para-hydroxylation sites is 1.